The van der Waals surface area contributed by atoms with Gasteiger partial charge in [-0.2, -0.15) is 13.2 Å². The molecule has 0 aliphatic rings. The second kappa shape index (κ2) is 10.7. The molecule has 0 bridgehead atoms. The van der Waals surface area contributed by atoms with Crippen molar-refractivity contribution in [3.8, 4) is 17.2 Å². The van der Waals surface area contributed by atoms with Crippen molar-refractivity contribution in [3.63, 3.8) is 0 Å². The molecule has 0 atom stereocenters. The SMILES string of the molecule is [B]C([B])([B])c1c(Oc2ccc(C(F)(F)F)c(F)c2C(=O)Nc2ccnc(C(N)=O)c2)ccc(OC(F)(F)F)c1F. The maximum Gasteiger partial charge on any atom is 0.573 e. The lowest BCUT2D eigenvalue weighted by Crippen LogP contribution is -2.30. The van der Waals surface area contributed by atoms with Crippen molar-refractivity contribution in [1.29, 1.82) is 0 Å². The van der Waals surface area contributed by atoms with Crippen molar-refractivity contribution in [2.24, 2.45) is 5.73 Å². The van der Waals surface area contributed by atoms with E-state index in [9.17, 15) is 40.3 Å². The van der Waals surface area contributed by atoms with Crippen LogP contribution >= 0.6 is 0 Å². The number of rotatable bonds is 7. The van der Waals surface area contributed by atoms with E-state index in [1.165, 1.54) is 0 Å². The number of hydrogen-bond donors (Lipinski definition) is 2. The lowest BCUT2D eigenvalue weighted by atomic mass is 9.40. The standard InChI is InChI=1S/C22H10B3F8N3O4/c23-20(24,25)15-12(3-4-13(17(15)27)40-22(31,32)33)39-11-2-1-9(21(28,29)30)16(26)14(11)19(38)36-8-5-6-35-10(7-8)18(34)37/h1-7H,(H2,34,37)(H,35,36,38). The molecule has 3 N–H and O–H groups in total. The molecule has 1 heterocycles. The van der Waals surface area contributed by atoms with E-state index in [4.69, 9.17) is 34.0 Å². The second-order valence-electron chi connectivity index (χ2n) is 7.88. The summed E-state index contributed by atoms with van der Waals surface area (Å²) < 4.78 is 117. The smallest absolute Gasteiger partial charge is 0.456 e. The summed E-state index contributed by atoms with van der Waals surface area (Å²) in [4.78, 5) is 27.9. The Morgan fingerprint density at radius 2 is 1.48 bits per heavy atom. The number of benzene rings is 2. The van der Waals surface area contributed by atoms with Crippen LogP contribution in [0.2, 0.25) is 0 Å². The third-order valence-electron chi connectivity index (χ3n) is 4.85. The van der Waals surface area contributed by atoms with Crippen molar-refractivity contribution in [2.75, 3.05) is 5.32 Å². The molecule has 18 heteroatoms. The second-order valence-corrected chi connectivity index (χ2v) is 7.88. The molecular formula is C22H10B3F8N3O4. The van der Waals surface area contributed by atoms with Gasteiger partial charge in [-0.05, 0) is 36.4 Å². The minimum absolute atomic E-state index is 0.177. The molecular weight excluding hydrogens is 555 g/mol. The molecule has 3 rings (SSSR count). The summed E-state index contributed by atoms with van der Waals surface area (Å²) in [5, 5.41) is -0.755. The zero-order valence-electron chi connectivity index (χ0n) is 19.5. The molecule has 0 saturated heterocycles. The van der Waals surface area contributed by atoms with Gasteiger partial charge in [0.15, 0.2) is 17.4 Å². The molecule has 40 heavy (non-hydrogen) atoms. The van der Waals surface area contributed by atoms with Gasteiger partial charge in [0.05, 0.1) is 29.1 Å². The van der Waals surface area contributed by atoms with Crippen LogP contribution in [0.4, 0.5) is 40.8 Å². The van der Waals surface area contributed by atoms with Gasteiger partial charge in [0.2, 0.25) is 0 Å². The van der Waals surface area contributed by atoms with E-state index in [2.05, 4.69) is 9.72 Å². The number of hydrogen-bond acceptors (Lipinski definition) is 5. The van der Waals surface area contributed by atoms with Gasteiger partial charge in [-0.15, -0.1) is 13.2 Å². The molecule has 2 aromatic carbocycles. The first-order valence-electron chi connectivity index (χ1n) is 10.4. The number of amides is 2. The van der Waals surface area contributed by atoms with Crippen molar-refractivity contribution >= 4 is 41.0 Å². The number of ether oxygens (including phenoxy) is 2. The number of alkyl halides is 6. The maximum atomic E-state index is 15.1. The predicted octanol–water partition coefficient (Wildman–Crippen LogP) is 4.04. The number of aromatic nitrogens is 1. The molecule has 0 aliphatic carbocycles. The van der Waals surface area contributed by atoms with Gasteiger partial charge < -0.3 is 20.5 Å². The summed E-state index contributed by atoms with van der Waals surface area (Å²) >= 11 is 0. The number of carbonyl (C=O) groups excluding carboxylic acids is 2. The summed E-state index contributed by atoms with van der Waals surface area (Å²) in [7, 11) is 16.3. The van der Waals surface area contributed by atoms with Crippen LogP contribution in [0.5, 0.6) is 17.2 Å². The highest BCUT2D eigenvalue weighted by Crippen LogP contribution is 2.41. The number of nitrogens with zero attached hydrogens (tertiary/aromatic N) is 1. The Kier molecular flexibility index (Phi) is 8.13. The first-order valence-corrected chi connectivity index (χ1v) is 10.4. The zero-order chi connectivity index (χ0) is 30.2. The fourth-order valence-corrected chi connectivity index (χ4v) is 3.26. The molecule has 0 spiro atoms. The van der Waals surface area contributed by atoms with Crippen LogP contribution in [-0.4, -0.2) is 46.7 Å². The number of carbonyl (C=O) groups is 2. The highest BCUT2D eigenvalue weighted by molar-refractivity contribution is 6.59. The molecule has 0 aliphatic heterocycles. The number of pyridine rings is 1. The highest BCUT2D eigenvalue weighted by Gasteiger charge is 2.38. The number of anilines is 1. The van der Waals surface area contributed by atoms with Crippen LogP contribution in [0.25, 0.3) is 0 Å². The van der Waals surface area contributed by atoms with E-state index in [1.807, 2.05) is 5.32 Å². The number of nitrogens with two attached hydrogens (primary N) is 1. The van der Waals surface area contributed by atoms with Gasteiger partial charge in [-0.1, -0.05) is 5.11 Å². The topological polar surface area (TPSA) is 104 Å². The predicted molar refractivity (Wildman–Crippen MR) is 124 cm³/mol. The van der Waals surface area contributed by atoms with Gasteiger partial charge in [0, 0.05) is 17.4 Å². The summed E-state index contributed by atoms with van der Waals surface area (Å²) in [5.41, 5.74) is -0.0418. The Balaban J connectivity index is 2.17. The summed E-state index contributed by atoms with van der Waals surface area (Å²) in [6.45, 7) is 0. The minimum atomic E-state index is -5.37. The molecule has 6 radical (unpaired) electrons. The largest absolute Gasteiger partial charge is 0.573 e. The molecule has 0 saturated carbocycles. The lowest BCUT2D eigenvalue weighted by Gasteiger charge is -2.26. The Morgan fingerprint density at radius 3 is 2.02 bits per heavy atom. The van der Waals surface area contributed by atoms with Crippen LogP contribution in [0, 0.1) is 11.6 Å². The number of halogens is 8. The first kappa shape index (κ1) is 30.3. The lowest BCUT2D eigenvalue weighted by molar-refractivity contribution is -0.275. The average molecular weight is 565 g/mol. The summed E-state index contributed by atoms with van der Waals surface area (Å²) in [5.74, 6) is -10.00. The molecule has 3 aromatic rings. The minimum Gasteiger partial charge on any atom is -0.456 e. The maximum absolute atomic E-state index is 15.1. The Morgan fingerprint density at radius 1 is 0.875 bits per heavy atom. The van der Waals surface area contributed by atoms with E-state index in [-0.39, 0.29) is 17.4 Å². The Hall–Kier alpha value is -4.24. The molecule has 2 amide bonds. The van der Waals surface area contributed by atoms with Crippen LogP contribution in [0.3, 0.4) is 0 Å². The fourth-order valence-electron chi connectivity index (χ4n) is 3.26. The van der Waals surface area contributed by atoms with Crippen LogP contribution in [0.15, 0.2) is 42.6 Å². The normalized spacial score (nSPS) is 12.1. The molecule has 1 aromatic heterocycles. The van der Waals surface area contributed by atoms with E-state index < -0.39 is 75.0 Å². The average Bonchev–Trinajstić information content (AvgIpc) is 2.78. The molecule has 0 unspecified atom stereocenters. The quantitative estimate of drug-likeness (QED) is 0.333. The fraction of sp³-hybridized carbons (Fsp3) is 0.136. The molecule has 202 valence electrons. The van der Waals surface area contributed by atoms with E-state index in [1.54, 1.807) is 0 Å². The van der Waals surface area contributed by atoms with Crippen LogP contribution < -0.4 is 20.5 Å². The van der Waals surface area contributed by atoms with Crippen molar-refractivity contribution in [1.82, 2.24) is 4.98 Å². The zero-order valence-corrected chi connectivity index (χ0v) is 19.5. The van der Waals surface area contributed by atoms with Gasteiger partial charge >= 0.3 is 12.5 Å². The Bertz CT molecular complexity index is 1480. The van der Waals surface area contributed by atoms with Gasteiger partial charge in [-0.25, -0.2) is 8.78 Å². The molecule has 7 nitrogen and oxygen atoms in total. The van der Waals surface area contributed by atoms with E-state index in [0.717, 1.165) is 18.3 Å². The van der Waals surface area contributed by atoms with Crippen LogP contribution in [-0.2, 0) is 11.3 Å². The van der Waals surface area contributed by atoms with Gasteiger partial charge in [0.1, 0.15) is 22.8 Å². The third kappa shape index (κ3) is 6.85. The summed E-state index contributed by atoms with van der Waals surface area (Å²) in [6, 6.07) is 3.61. The number of nitrogens with one attached hydrogen (secondary N) is 1. The number of primary amides is 1. The highest BCUT2D eigenvalue weighted by atomic mass is 19.4. The Labute approximate surface area is 223 Å². The first-order chi connectivity index (χ1) is 18.3. The van der Waals surface area contributed by atoms with Crippen LogP contribution in [0.1, 0.15) is 32.0 Å². The van der Waals surface area contributed by atoms with Crippen molar-refractivity contribution in [2.45, 2.75) is 17.7 Å². The van der Waals surface area contributed by atoms with E-state index in [0.29, 0.717) is 18.2 Å². The summed E-state index contributed by atoms with van der Waals surface area (Å²) in [6.07, 6.45) is -9.68. The third-order valence-corrected chi connectivity index (χ3v) is 4.85. The van der Waals surface area contributed by atoms with E-state index >= 15 is 4.39 Å². The molecule has 0 fully saturated rings. The van der Waals surface area contributed by atoms with Crippen molar-refractivity contribution in [3.05, 3.63) is 76.6 Å². The van der Waals surface area contributed by atoms with Crippen molar-refractivity contribution < 1.29 is 54.2 Å². The van der Waals surface area contributed by atoms with Gasteiger partial charge in [-0.3, -0.25) is 14.6 Å². The van der Waals surface area contributed by atoms with Gasteiger partial charge in [0.25, 0.3) is 11.8 Å². The monoisotopic (exact) mass is 565 g/mol.